The third kappa shape index (κ3) is 4.46. The second kappa shape index (κ2) is 8.51. The molecule has 1 atom stereocenters. The van der Waals surface area contributed by atoms with E-state index < -0.39 is 35.2 Å². The average Bonchev–Trinajstić information content (AvgIpc) is 2.95. The van der Waals surface area contributed by atoms with Gasteiger partial charge in [-0.1, -0.05) is 18.2 Å². The zero-order valence-corrected chi connectivity index (χ0v) is 16.9. The van der Waals surface area contributed by atoms with Crippen LogP contribution in [-0.4, -0.2) is 61.3 Å². The molecule has 0 aromatic heterocycles. The van der Waals surface area contributed by atoms with Crippen LogP contribution in [0.5, 0.6) is 0 Å². The van der Waals surface area contributed by atoms with Crippen molar-refractivity contribution >= 4 is 17.5 Å². The summed E-state index contributed by atoms with van der Waals surface area (Å²) in [5, 5.41) is 0. The lowest BCUT2D eigenvalue weighted by atomic mass is 9.99. The van der Waals surface area contributed by atoms with Crippen LogP contribution in [0.2, 0.25) is 0 Å². The number of halogens is 4. The number of carbonyl (C=O) groups is 2. The van der Waals surface area contributed by atoms with E-state index in [4.69, 9.17) is 9.47 Å². The second-order valence-electron chi connectivity index (χ2n) is 7.81. The number of hydrogen-bond acceptors (Lipinski definition) is 4. The maximum absolute atomic E-state index is 14.6. The van der Waals surface area contributed by atoms with Crippen LogP contribution in [0.1, 0.15) is 5.56 Å². The van der Waals surface area contributed by atoms with E-state index in [2.05, 4.69) is 0 Å². The molecular formula is C22H20F4N2O4. The summed E-state index contributed by atoms with van der Waals surface area (Å²) in [6, 6.07) is 10.3. The summed E-state index contributed by atoms with van der Waals surface area (Å²) in [5.74, 6) is -3.21. The Bertz CT molecular complexity index is 1020. The molecule has 2 fully saturated rings. The molecule has 170 valence electrons. The lowest BCUT2D eigenvalue weighted by Crippen LogP contribution is -2.66. The first kappa shape index (κ1) is 22.2. The molecular weight excluding hydrogens is 432 g/mol. The number of alkyl halides is 2. The number of benzene rings is 2. The predicted molar refractivity (Wildman–Crippen MR) is 105 cm³/mol. The van der Waals surface area contributed by atoms with Gasteiger partial charge in [-0.3, -0.25) is 14.3 Å². The molecule has 2 amide bonds. The summed E-state index contributed by atoms with van der Waals surface area (Å²) in [4.78, 5) is 27.3. The average molecular weight is 452 g/mol. The van der Waals surface area contributed by atoms with Crippen molar-refractivity contribution in [1.82, 2.24) is 4.90 Å². The van der Waals surface area contributed by atoms with Crippen LogP contribution in [0.15, 0.2) is 48.5 Å². The predicted octanol–water partition coefficient (Wildman–Crippen LogP) is 2.76. The van der Waals surface area contributed by atoms with E-state index in [-0.39, 0.29) is 50.5 Å². The molecule has 2 aliphatic rings. The molecule has 32 heavy (non-hydrogen) atoms. The summed E-state index contributed by atoms with van der Waals surface area (Å²) in [5.41, 5.74) is -1.49. The highest BCUT2D eigenvalue weighted by molar-refractivity contribution is 5.98. The van der Waals surface area contributed by atoms with Gasteiger partial charge in [0.15, 0.2) is 0 Å². The Labute approximate surface area is 181 Å². The summed E-state index contributed by atoms with van der Waals surface area (Å²) in [7, 11) is 0. The molecule has 0 bridgehead atoms. The Kier molecular flexibility index (Phi) is 5.91. The maximum atomic E-state index is 14.6. The first-order chi connectivity index (χ1) is 15.2. The molecule has 2 aromatic rings. The van der Waals surface area contributed by atoms with Crippen LogP contribution in [0.25, 0.3) is 0 Å². The van der Waals surface area contributed by atoms with Gasteiger partial charge in [0.1, 0.15) is 17.2 Å². The van der Waals surface area contributed by atoms with Crippen molar-refractivity contribution in [3.63, 3.8) is 0 Å². The van der Waals surface area contributed by atoms with Gasteiger partial charge in [0.25, 0.3) is 0 Å². The topological polar surface area (TPSA) is 59.1 Å². The van der Waals surface area contributed by atoms with Crippen molar-refractivity contribution in [3.05, 3.63) is 65.7 Å². The molecule has 2 aromatic carbocycles. The number of rotatable bonds is 3. The highest BCUT2D eigenvalue weighted by atomic mass is 19.3. The smallest absolute Gasteiger partial charge is 0.376 e. The molecule has 2 aliphatic heterocycles. The second-order valence-corrected chi connectivity index (χ2v) is 7.81. The van der Waals surface area contributed by atoms with Gasteiger partial charge in [-0.15, -0.1) is 0 Å². The number of carbonyl (C=O) groups excluding carboxylic acids is 2. The zero-order chi connectivity index (χ0) is 22.9. The lowest BCUT2D eigenvalue weighted by molar-refractivity contribution is -0.293. The van der Waals surface area contributed by atoms with Gasteiger partial charge in [-0.25, -0.2) is 8.78 Å². The molecule has 1 spiro atoms. The fourth-order valence-electron chi connectivity index (χ4n) is 3.89. The molecule has 2 heterocycles. The number of anilines is 1. The van der Waals surface area contributed by atoms with Gasteiger partial charge in [0.05, 0.1) is 32.7 Å². The SMILES string of the molecule is O=C(Cc1ccccc1F)N1CCOCC2(C1)CN(c1ccc(F)cc1)C(=O)C(F)(F)O2. The van der Waals surface area contributed by atoms with Gasteiger partial charge in [0, 0.05) is 12.2 Å². The third-order valence-electron chi connectivity index (χ3n) is 5.43. The number of hydrogen-bond donors (Lipinski definition) is 0. The van der Waals surface area contributed by atoms with E-state index in [1.807, 2.05) is 0 Å². The highest BCUT2D eigenvalue weighted by Gasteiger charge is 2.58. The van der Waals surface area contributed by atoms with E-state index in [9.17, 15) is 27.2 Å². The monoisotopic (exact) mass is 452 g/mol. The molecule has 0 radical (unpaired) electrons. The molecule has 6 nitrogen and oxygen atoms in total. The van der Waals surface area contributed by atoms with Crippen molar-refractivity contribution < 1.29 is 36.6 Å². The minimum absolute atomic E-state index is 0.0597. The number of morpholine rings is 1. The quantitative estimate of drug-likeness (QED) is 0.673. The Hall–Kier alpha value is -2.98. The molecule has 10 heteroatoms. The fourth-order valence-corrected chi connectivity index (χ4v) is 3.89. The summed E-state index contributed by atoms with van der Waals surface area (Å²) < 4.78 is 66.8. The zero-order valence-electron chi connectivity index (χ0n) is 16.9. The first-order valence-corrected chi connectivity index (χ1v) is 9.94. The van der Waals surface area contributed by atoms with Gasteiger partial charge in [0.2, 0.25) is 5.91 Å². The third-order valence-corrected chi connectivity index (χ3v) is 5.43. The highest BCUT2D eigenvalue weighted by Crippen LogP contribution is 2.37. The Morgan fingerprint density at radius 1 is 1.03 bits per heavy atom. The summed E-state index contributed by atoms with van der Waals surface area (Å²) >= 11 is 0. The summed E-state index contributed by atoms with van der Waals surface area (Å²) in [6.07, 6.45) is -4.44. The van der Waals surface area contributed by atoms with E-state index >= 15 is 0 Å². The van der Waals surface area contributed by atoms with Crippen LogP contribution in [0.3, 0.4) is 0 Å². The molecule has 0 aliphatic carbocycles. The molecule has 0 saturated carbocycles. The molecule has 4 rings (SSSR count). The largest absolute Gasteiger partial charge is 0.437 e. The molecule has 1 unspecified atom stereocenters. The number of nitrogens with zero attached hydrogens (tertiary/aromatic N) is 2. The molecule has 2 saturated heterocycles. The van der Waals surface area contributed by atoms with E-state index in [1.54, 1.807) is 6.07 Å². The Morgan fingerprint density at radius 2 is 1.75 bits per heavy atom. The van der Waals surface area contributed by atoms with Crippen LogP contribution < -0.4 is 4.90 Å². The van der Waals surface area contributed by atoms with Crippen LogP contribution >= 0.6 is 0 Å². The minimum Gasteiger partial charge on any atom is -0.376 e. The first-order valence-electron chi connectivity index (χ1n) is 9.94. The van der Waals surface area contributed by atoms with Crippen molar-refractivity contribution in [2.24, 2.45) is 0 Å². The fraction of sp³-hybridized carbons (Fsp3) is 0.364. The number of amides is 2. The van der Waals surface area contributed by atoms with Gasteiger partial charge < -0.3 is 14.5 Å². The van der Waals surface area contributed by atoms with E-state index in [1.165, 1.54) is 35.2 Å². The van der Waals surface area contributed by atoms with Gasteiger partial charge in [-0.05, 0) is 35.9 Å². The van der Waals surface area contributed by atoms with Gasteiger partial charge >= 0.3 is 12.0 Å². The molecule has 0 N–H and O–H groups in total. The van der Waals surface area contributed by atoms with Gasteiger partial charge in [-0.2, -0.15) is 8.78 Å². The van der Waals surface area contributed by atoms with Crippen LogP contribution in [0.4, 0.5) is 23.2 Å². The van der Waals surface area contributed by atoms with Crippen molar-refractivity contribution in [1.29, 1.82) is 0 Å². The Morgan fingerprint density at radius 3 is 2.47 bits per heavy atom. The van der Waals surface area contributed by atoms with E-state index in [0.717, 1.165) is 17.0 Å². The van der Waals surface area contributed by atoms with Crippen molar-refractivity contribution in [2.45, 2.75) is 18.1 Å². The maximum Gasteiger partial charge on any atom is 0.437 e. The summed E-state index contributed by atoms with van der Waals surface area (Å²) in [6.45, 7) is -0.771. The van der Waals surface area contributed by atoms with Crippen LogP contribution in [0, 0.1) is 11.6 Å². The number of ether oxygens (including phenoxy) is 2. The van der Waals surface area contributed by atoms with Crippen molar-refractivity contribution in [3.8, 4) is 0 Å². The van der Waals surface area contributed by atoms with E-state index in [0.29, 0.717) is 0 Å². The lowest BCUT2D eigenvalue weighted by Gasteiger charge is -2.45. The normalized spacial score (nSPS) is 23.3. The Balaban J connectivity index is 1.60. The van der Waals surface area contributed by atoms with Crippen LogP contribution in [-0.2, 0) is 25.5 Å². The van der Waals surface area contributed by atoms with Crippen molar-refractivity contribution in [2.75, 3.05) is 37.7 Å². The minimum atomic E-state index is -4.18. The standard InChI is InChI=1S/C22H20F4N2O4/c23-16-5-7-17(8-6-16)28-13-21(32-22(25,26)20(28)30)12-27(9-10-31-14-21)19(29)11-15-3-1-2-4-18(15)24/h1-8H,9-14H2.